The van der Waals surface area contributed by atoms with Crippen molar-refractivity contribution in [2.24, 2.45) is 0 Å². The van der Waals surface area contributed by atoms with Crippen molar-refractivity contribution in [1.29, 1.82) is 0 Å². The predicted octanol–water partition coefficient (Wildman–Crippen LogP) is 1.01. The van der Waals surface area contributed by atoms with Crippen LogP contribution in [0.25, 0.3) is 0 Å². The van der Waals surface area contributed by atoms with E-state index in [1.807, 2.05) is 12.1 Å². The summed E-state index contributed by atoms with van der Waals surface area (Å²) in [6.07, 6.45) is -4.45. The van der Waals surface area contributed by atoms with Gasteiger partial charge in [-0.3, -0.25) is 0 Å². The lowest BCUT2D eigenvalue weighted by molar-refractivity contribution is -0.271. The van der Waals surface area contributed by atoms with Crippen molar-refractivity contribution in [3.05, 3.63) is 47.0 Å². The van der Waals surface area contributed by atoms with Crippen LogP contribution in [0.5, 0.6) is 23.0 Å². The number of aliphatic hydroxyl groups is 4. The SMILES string of the molecule is COc1cc([C@@H]2Oc3c(OC)cc(CCCO)cc3[C@@H]2CO[C@@H]2OC[C@@H](O)[C@H](O)[C@H]2O)ccc1O. The van der Waals surface area contributed by atoms with Gasteiger partial charge in [-0.1, -0.05) is 12.1 Å². The van der Waals surface area contributed by atoms with Gasteiger partial charge >= 0.3 is 0 Å². The number of phenolic OH excluding ortho intramolecular Hbond substituents is 1. The summed E-state index contributed by atoms with van der Waals surface area (Å²) in [5.41, 5.74) is 2.50. The van der Waals surface area contributed by atoms with Crippen molar-refractivity contribution >= 4 is 0 Å². The molecule has 4 rings (SSSR count). The van der Waals surface area contributed by atoms with E-state index in [0.717, 1.165) is 16.7 Å². The smallest absolute Gasteiger partial charge is 0.186 e. The van der Waals surface area contributed by atoms with Gasteiger partial charge in [0.05, 0.1) is 33.4 Å². The van der Waals surface area contributed by atoms with Crippen LogP contribution in [-0.2, 0) is 15.9 Å². The van der Waals surface area contributed by atoms with Crippen LogP contribution in [0.4, 0.5) is 0 Å². The fourth-order valence-corrected chi connectivity index (χ4v) is 4.51. The average molecular weight is 493 g/mol. The van der Waals surface area contributed by atoms with Crippen molar-refractivity contribution < 1.29 is 49.2 Å². The molecule has 2 aliphatic rings. The highest BCUT2D eigenvalue weighted by Crippen LogP contribution is 2.52. The van der Waals surface area contributed by atoms with Crippen LogP contribution in [0.1, 0.15) is 35.1 Å². The molecule has 192 valence electrons. The average Bonchev–Trinajstić information content (AvgIpc) is 3.23. The van der Waals surface area contributed by atoms with E-state index in [-0.39, 0.29) is 31.5 Å². The van der Waals surface area contributed by atoms with E-state index in [2.05, 4.69) is 0 Å². The molecule has 1 saturated heterocycles. The summed E-state index contributed by atoms with van der Waals surface area (Å²) in [4.78, 5) is 0. The molecule has 2 aliphatic heterocycles. The minimum Gasteiger partial charge on any atom is -0.504 e. The Bertz CT molecular complexity index is 1010. The maximum absolute atomic E-state index is 10.3. The summed E-state index contributed by atoms with van der Waals surface area (Å²) >= 11 is 0. The minimum atomic E-state index is -1.42. The molecule has 0 unspecified atom stereocenters. The van der Waals surface area contributed by atoms with Crippen LogP contribution < -0.4 is 14.2 Å². The fourth-order valence-electron chi connectivity index (χ4n) is 4.51. The number of ether oxygens (including phenoxy) is 5. The Kier molecular flexibility index (Phi) is 8.00. The third kappa shape index (κ3) is 5.18. The molecule has 0 aliphatic carbocycles. The second kappa shape index (κ2) is 11.0. The number of methoxy groups -OCH3 is 2. The van der Waals surface area contributed by atoms with Gasteiger partial charge < -0.3 is 49.2 Å². The summed E-state index contributed by atoms with van der Waals surface area (Å²) in [6.45, 7) is -0.0557. The lowest BCUT2D eigenvalue weighted by Crippen LogP contribution is -2.53. The Labute approximate surface area is 203 Å². The number of benzene rings is 2. The van der Waals surface area contributed by atoms with Gasteiger partial charge in [-0.15, -0.1) is 0 Å². The minimum absolute atomic E-state index is 0.00490. The van der Waals surface area contributed by atoms with Gasteiger partial charge in [0, 0.05) is 12.2 Å². The Balaban J connectivity index is 1.67. The lowest BCUT2D eigenvalue weighted by atomic mass is 9.90. The molecule has 10 heteroatoms. The number of aryl methyl sites for hydroxylation is 1. The maximum Gasteiger partial charge on any atom is 0.186 e. The van der Waals surface area contributed by atoms with Gasteiger partial charge in [-0.05, 0) is 42.2 Å². The molecular weight excluding hydrogens is 460 g/mol. The van der Waals surface area contributed by atoms with Gasteiger partial charge in [-0.2, -0.15) is 0 Å². The first-order valence-corrected chi connectivity index (χ1v) is 11.5. The number of hydrogen-bond donors (Lipinski definition) is 5. The first-order chi connectivity index (χ1) is 16.9. The summed E-state index contributed by atoms with van der Waals surface area (Å²) in [5.74, 6) is 1.00. The number of rotatable bonds is 9. The van der Waals surface area contributed by atoms with Crippen molar-refractivity contribution in [3.8, 4) is 23.0 Å². The third-order valence-corrected chi connectivity index (χ3v) is 6.42. The zero-order valence-electron chi connectivity index (χ0n) is 19.7. The number of aromatic hydroxyl groups is 1. The zero-order valence-corrected chi connectivity index (χ0v) is 19.7. The molecule has 2 heterocycles. The lowest BCUT2D eigenvalue weighted by Gasteiger charge is -2.35. The molecule has 35 heavy (non-hydrogen) atoms. The second-order valence-corrected chi connectivity index (χ2v) is 8.70. The van der Waals surface area contributed by atoms with E-state index in [1.165, 1.54) is 13.2 Å². The fraction of sp³-hybridized carbons (Fsp3) is 0.520. The summed E-state index contributed by atoms with van der Waals surface area (Å²) in [6, 6.07) is 8.79. The molecule has 0 saturated carbocycles. The first kappa shape index (κ1) is 25.5. The summed E-state index contributed by atoms with van der Waals surface area (Å²) < 4.78 is 28.5. The molecule has 0 radical (unpaired) electrons. The molecule has 6 atom stereocenters. The molecule has 0 bridgehead atoms. The molecule has 0 aromatic heterocycles. The summed E-state index contributed by atoms with van der Waals surface area (Å²) in [5, 5.41) is 49.4. The molecule has 2 aromatic rings. The van der Waals surface area contributed by atoms with Gasteiger partial charge in [0.1, 0.15) is 24.4 Å². The monoisotopic (exact) mass is 492 g/mol. The number of phenols is 1. The quantitative estimate of drug-likeness (QED) is 0.344. The van der Waals surface area contributed by atoms with E-state index in [1.54, 1.807) is 19.2 Å². The maximum atomic E-state index is 10.3. The van der Waals surface area contributed by atoms with Crippen LogP contribution in [0.3, 0.4) is 0 Å². The summed E-state index contributed by atoms with van der Waals surface area (Å²) in [7, 11) is 3.01. The predicted molar refractivity (Wildman–Crippen MR) is 123 cm³/mol. The standard InChI is InChI=1S/C25H32O10/c1-31-19-10-14(5-6-17(19)27)23-16(11-33-25-22(30)21(29)18(28)12-34-25)15-8-13(4-3-7-26)9-20(32-2)24(15)35-23/h5-6,8-10,16,18,21-23,25-30H,3-4,7,11-12H2,1-2H3/t16-,18+,21-,22+,23-,25+/m0/s1. The first-order valence-electron chi connectivity index (χ1n) is 11.5. The van der Waals surface area contributed by atoms with Gasteiger partial charge in [0.25, 0.3) is 0 Å². The van der Waals surface area contributed by atoms with E-state index >= 15 is 0 Å². The van der Waals surface area contributed by atoms with Gasteiger partial charge in [0.15, 0.2) is 29.3 Å². The van der Waals surface area contributed by atoms with E-state index in [0.29, 0.717) is 30.1 Å². The number of hydrogen-bond acceptors (Lipinski definition) is 10. The van der Waals surface area contributed by atoms with Crippen LogP contribution in [0.15, 0.2) is 30.3 Å². The molecule has 5 N–H and O–H groups in total. The molecule has 1 fully saturated rings. The van der Waals surface area contributed by atoms with Crippen molar-refractivity contribution in [3.63, 3.8) is 0 Å². The normalized spacial score (nSPS) is 27.8. The van der Waals surface area contributed by atoms with Gasteiger partial charge in [-0.25, -0.2) is 0 Å². The van der Waals surface area contributed by atoms with Crippen LogP contribution in [0, 0.1) is 0 Å². The molecule has 10 nitrogen and oxygen atoms in total. The second-order valence-electron chi connectivity index (χ2n) is 8.70. The zero-order chi connectivity index (χ0) is 25.1. The highest BCUT2D eigenvalue weighted by atomic mass is 16.7. The van der Waals surface area contributed by atoms with Crippen molar-refractivity contribution in [2.75, 3.05) is 34.0 Å². The largest absolute Gasteiger partial charge is 0.504 e. The molecule has 0 amide bonds. The Morgan fingerprint density at radius 3 is 2.49 bits per heavy atom. The topological polar surface area (TPSA) is 147 Å². The highest BCUT2D eigenvalue weighted by molar-refractivity contribution is 5.56. The molecule has 2 aromatic carbocycles. The van der Waals surface area contributed by atoms with Crippen LogP contribution in [0.2, 0.25) is 0 Å². The van der Waals surface area contributed by atoms with E-state index in [9.17, 15) is 25.5 Å². The Hall–Kier alpha value is -2.60. The third-order valence-electron chi connectivity index (χ3n) is 6.42. The highest BCUT2D eigenvalue weighted by Gasteiger charge is 2.42. The van der Waals surface area contributed by atoms with Crippen molar-refractivity contribution in [1.82, 2.24) is 0 Å². The van der Waals surface area contributed by atoms with E-state index < -0.39 is 30.7 Å². The van der Waals surface area contributed by atoms with Crippen molar-refractivity contribution in [2.45, 2.75) is 49.5 Å². The van der Waals surface area contributed by atoms with E-state index in [4.69, 9.17) is 23.7 Å². The Morgan fingerprint density at radius 1 is 1.00 bits per heavy atom. The number of fused-ring (bicyclic) bond motifs is 1. The van der Waals surface area contributed by atoms with Gasteiger partial charge in [0.2, 0.25) is 0 Å². The molecule has 0 spiro atoms. The van der Waals surface area contributed by atoms with Crippen LogP contribution >= 0.6 is 0 Å². The van der Waals surface area contributed by atoms with Crippen LogP contribution in [-0.4, -0.2) is 84.2 Å². The Morgan fingerprint density at radius 2 is 1.77 bits per heavy atom. The number of aliphatic hydroxyl groups excluding tert-OH is 4. The molecular formula is C25H32O10.